The molecule has 1 aromatic carbocycles. The van der Waals surface area contributed by atoms with Crippen LogP contribution < -0.4 is 0 Å². The van der Waals surface area contributed by atoms with Gasteiger partial charge < -0.3 is 5.11 Å². The first kappa shape index (κ1) is 15.2. The molecule has 0 spiro atoms. The molecule has 0 amide bonds. The van der Waals surface area contributed by atoms with Gasteiger partial charge in [-0.1, -0.05) is 23.2 Å². The van der Waals surface area contributed by atoms with Crippen molar-refractivity contribution in [3.63, 3.8) is 0 Å². The van der Waals surface area contributed by atoms with E-state index in [9.17, 15) is 17.6 Å². The number of sulfone groups is 1. The molecule has 0 heterocycles. The molecule has 0 fully saturated rings. The second-order valence-corrected chi connectivity index (χ2v) is 6.26. The Labute approximate surface area is 113 Å². The summed E-state index contributed by atoms with van der Waals surface area (Å²) in [6.45, 7) is -0.782. The van der Waals surface area contributed by atoms with Gasteiger partial charge in [-0.25, -0.2) is 13.2 Å². The van der Waals surface area contributed by atoms with E-state index in [0.29, 0.717) is 0 Å². The molecule has 0 saturated carbocycles. The number of aromatic carboxylic acids is 1. The molecule has 0 aliphatic heterocycles. The third kappa shape index (κ3) is 3.13. The molecule has 0 aromatic heterocycles. The van der Waals surface area contributed by atoms with Crippen LogP contribution in [0.4, 0.5) is 4.39 Å². The van der Waals surface area contributed by atoms with Gasteiger partial charge >= 0.3 is 5.97 Å². The van der Waals surface area contributed by atoms with Gasteiger partial charge in [0.05, 0.1) is 32.9 Å². The van der Waals surface area contributed by atoms with Gasteiger partial charge in [-0.2, -0.15) is 0 Å². The minimum atomic E-state index is -3.82. The minimum Gasteiger partial charge on any atom is -0.478 e. The molecule has 0 aliphatic rings. The molecule has 0 unspecified atom stereocenters. The first-order valence-electron chi connectivity index (χ1n) is 4.81. The van der Waals surface area contributed by atoms with Crippen LogP contribution in [0.25, 0.3) is 0 Å². The average molecular weight is 315 g/mol. The molecule has 4 nitrogen and oxygen atoms in total. The third-order valence-corrected chi connectivity index (χ3v) is 4.81. The average Bonchev–Trinajstić information content (AvgIpc) is 2.25. The lowest BCUT2D eigenvalue weighted by Crippen LogP contribution is -2.10. The van der Waals surface area contributed by atoms with E-state index in [1.54, 1.807) is 0 Å². The van der Waals surface area contributed by atoms with E-state index in [4.69, 9.17) is 28.3 Å². The van der Waals surface area contributed by atoms with Crippen LogP contribution in [0.15, 0.2) is 17.0 Å². The van der Waals surface area contributed by atoms with E-state index >= 15 is 0 Å². The number of benzene rings is 1. The summed E-state index contributed by atoms with van der Waals surface area (Å²) in [5.41, 5.74) is -0.473. The van der Waals surface area contributed by atoms with Crippen LogP contribution in [0.1, 0.15) is 16.8 Å². The van der Waals surface area contributed by atoms with E-state index in [1.807, 2.05) is 0 Å². The van der Waals surface area contributed by atoms with Crippen LogP contribution in [-0.2, 0) is 9.84 Å². The summed E-state index contributed by atoms with van der Waals surface area (Å²) in [5.74, 6) is -1.86. The molecule has 18 heavy (non-hydrogen) atoms. The summed E-state index contributed by atoms with van der Waals surface area (Å²) in [6.07, 6.45) is -0.177. The molecule has 0 radical (unpaired) electrons. The van der Waals surface area contributed by atoms with Crippen LogP contribution in [0, 0.1) is 0 Å². The summed E-state index contributed by atoms with van der Waals surface area (Å²) >= 11 is 11.4. The van der Waals surface area contributed by atoms with Gasteiger partial charge in [0.2, 0.25) is 0 Å². The highest BCUT2D eigenvalue weighted by Crippen LogP contribution is 2.31. The Morgan fingerprint density at radius 2 is 1.94 bits per heavy atom. The zero-order valence-electron chi connectivity index (χ0n) is 8.99. The summed E-state index contributed by atoms with van der Waals surface area (Å²) in [5, 5.41) is 8.28. The molecule has 1 aromatic rings. The van der Waals surface area contributed by atoms with Crippen molar-refractivity contribution in [3.05, 3.63) is 27.7 Å². The molecule has 1 N–H and O–H groups in total. The predicted molar refractivity (Wildman–Crippen MR) is 66.1 cm³/mol. The van der Waals surface area contributed by atoms with Gasteiger partial charge in [0.15, 0.2) is 9.84 Å². The monoisotopic (exact) mass is 314 g/mol. The summed E-state index contributed by atoms with van der Waals surface area (Å²) in [4.78, 5) is 10.6. The zero-order valence-corrected chi connectivity index (χ0v) is 11.3. The van der Waals surface area contributed by atoms with Gasteiger partial charge in [0, 0.05) is 0 Å². The number of carboxylic acids is 1. The van der Waals surface area contributed by atoms with Gasteiger partial charge in [-0.3, -0.25) is 4.39 Å². The van der Waals surface area contributed by atoms with E-state index in [1.165, 1.54) is 0 Å². The smallest absolute Gasteiger partial charge is 0.338 e. The Balaban J connectivity index is 3.36. The van der Waals surface area contributed by atoms with Crippen molar-refractivity contribution < 1.29 is 22.7 Å². The van der Waals surface area contributed by atoms with E-state index in [0.717, 1.165) is 12.1 Å². The van der Waals surface area contributed by atoms with Gasteiger partial charge in [0.1, 0.15) is 0 Å². The fourth-order valence-electron chi connectivity index (χ4n) is 1.32. The van der Waals surface area contributed by atoms with Crippen molar-refractivity contribution in [2.24, 2.45) is 0 Å². The zero-order chi connectivity index (χ0) is 13.9. The number of carboxylic acid groups (broad SMARTS) is 1. The SMILES string of the molecule is O=C(O)c1c(Cl)ccc(S(=O)(=O)CCCF)c1Cl. The molecule has 0 bridgehead atoms. The lowest BCUT2D eigenvalue weighted by atomic mass is 10.2. The number of hydrogen-bond donors (Lipinski definition) is 1. The van der Waals surface area contributed by atoms with Crippen LogP contribution >= 0.6 is 23.2 Å². The minimum absolute atomic E-state index is 0.156. The molecular formula is C10H9Cl2FO4S. The fraction of sp³-hybridized carbons (Fsp3) is 0.300. The van der Waals surface area contributed by atoms with E-state index in [-0.39, 0.29) is 16.3 Å². The highest BCUT2D eigenvalue weighted by molar-refractivity contribution is 7.91. The molecule has 100 valence electrons. The maximum atomic E-state index is 12.0. The highest BCUT2D eigenvalue weighted by atomic mass is 35.5. The van der Waals surface area contributed by atoms with Crippen LogP contribution in [0.2, 0.25) is 10.0 Å². The molecular weight excluding hydrogens is 306 g/mol. The molecule has 0 aliphatic carbocycles. The van der Waals surface area contributed by atoms with Crippen LogP contribution in [0.5, 0.6) is 0 Å². The highest BCUT2D eigenvalue weighted by Gasteiger charge is 2.24. The Kier molecular flexibility index (Phi) is 4.95. The van der Waals surface area contributed by atoms with Crippen molar-refractivity contribution in [1.82, 2.24) is 0 Å². The Bertz CT molecular complexity index is 571. The number of halogens is 3. The predicted octanol–water partition coefficient (Wildman–Crippen LogP) is 2.82. The first-order chi connectivity index (χ1) is 8.31. The number of carbonyl (C=O) groups is 1. The van der Waals surface area contributed by atoms with Crippen molar-refractivity contribution in [1.29, 1.82) is 0 Å². The van der Waals surface area contributed by atoms with Crippen LogP contribution in [0.3, 0.4) is 0 Å². The van der Waals surface area contributed by atoms with E-state index in [2.05, 4.69) is 0 Å². The topological polar surface area (TPSA) is 71.4 Å². The summed E-state index contributed by atoms with van der Waals surface area (Å²) in [6, 6.07) is 2.25. The molecule has 1 rings (SSSR count). The molecule has 8 heteroatoms. The molecule has 0 saturated heterocycles. The standard InChI is InChI=1S/C10H9Cl2FO4S/c11-6-2-3-7(9(12)8(6)10(14)15)18(16,17)5-1-4-13/h2-3H,1,4-5H2,(H,14,15). The number of hydrogen-bond acceptors (Lipinski definition) is 3. The van der Waals surface area contributed by atoms with Crippen molar-refractivity contribution in [3.8, 4) is 0 Å². The van der Waals surface area contributed by atoms with E-state index < -0.39 is 38.8 Å². The number of alkyl halides is 1. The normalized spacial score (nSPS) is 11.5. The Morgan fingerprint density at radius 1 is 1.33 bits per heavy atom. The second kappa shape index (κ2) is 5.86. The second-order valence-electron chi connectivity index (χ2n) is 3.40. The Morgan fingerprint density at radius 3 is 2.44 bits per heavy atom. The van der Waals surface area contributed by atoms with Crippen molar-refractivity contribution in [2.75, 3.05) is 12.4 Å². The van der Waals surface area contributed by atoms with Crippen molar-refractivity contribution >= 4 is 39.0 Å². The van der Waals surface area contributed by atoms with Crippen LogP contribution in [-0.4, -0.2) is 31.9 Å². The summed E-state index contributed by atoms with van der Waals surface area (Å²) in [7, 11) is -3.82. The lowest BCUT2D eigenvalue weighted by Gasteiger charge is -2.09. The first-order valence-corrected chi connectivity index (χ1v) is 7.22. The Hall–Kier alpha value is -0.850. The van der Waals surface area contributed by atoms with Gasteiger partial charge in [0.25, 0.3) is 0 Å². The lowest BCUT2D eigenvalue weighted by molar-refractivity contribution is 0.0697. The third-order valence-electron chi connectivity index (χ3n) is 2.15. The van der Waals surface area contributed by atoms with Crippen molar-refractivity contribution in [2.45, 2.75) is 11.3 Å². The van der Waals surface area contributed by atoms with Gasteiger partial charge in [-0.15, -0.1) is 0 Å². The van der Waals surface area contributed by atoms with Gasteiger partial charge in [-0.05, 0) is 18.6 Å². The summed E-state index contributed by atoms with van der Waals surface area (Å²) < 4.78 is 35.6. The fourth-order valence-corrected chi connectivity index (χ4v) is 3.57. The maximum absolute atomic E-state index is 12.0. The molecule has 0 atom stereocenters. The number of rotatable bonds is 5. The quantitative estimate of drug-likeness (QED) is 0.907. The maximum Gasteiger partial charge on any atom is 0.338 e. The largest absolute Gasteiger partial charge is 0.478 e.